The average Bonchev–Trinajstić information content (AvgIpc) is 2.46. The fourth-order valence-corrected chi connectivity index (χ4v) is 2.88. The van der Waals surface area contributed by atoms with E-state index in [1.54, 1.807) is 0 Å². The van der Waals surface area contributed by atoms with Gasteiger partial charge in [-0.25, -0.2) is 0 Å². The van der Waals surface area contributed by atoms with Crippen LogP contribution < -0.4 is 0 Å². The van der Waals surface area contributed by atoms with Gasteiger partial charge in [0, 0.05) is 18.5 Å². The SMILES string of the molecule is CC(C)C1C(CC(=O)O)CCN1C(C)C. The Labute approximate surface area is 92.5 Å². The summed E-state index contributed by atoms with van der Waals surface area (Å²) in [7, 11) is 0. The Bertz CT molecular complexity index is 226. The first-order valence-corrected chi connectivity index (χ1v) is 5.91. The first-order chi connectivity index (χ1) is 6.93. The Morgan fingerprint density at radius 1 is 1.40 bits per heavy atom. The number of carbonyl (C=O) groups is 1. The van der Waals surface area contributed by atoms with E-state index in [-0.39, 0.29) is 0 Å². The predicted octanol–water partition coefficient (Wildman–Crippen LogP) is 2.22. The summed E-state index contributed by atoms with van der Waals surface area (Å²) in [6.07, 6.45) is 1.36. The molecule has 3 heteroatoms. The molecular weight excluding hydrogens is 190 g/mol. The zero-order valence-electron chi connectivity index (χ0n) is 10.2. The number of nitrogens with zero attached hydrogens (tertiary/aromatic N) is 1. The molecule has 0 radical (unpaired) electrons. The maximum atomic E-state index is 10.8. The summed E-state index contributed by atoms with van der Waals surface area (Å²) in [6, 6.07) is 0.970. The molecule has 0 saturated carbocycles. The maximum Gasteiger partial charge on any atom is 0.303 e. The van der Waals surface area contributed by atoms with Gasteiger partial charge in [-0.2, -0.15) is 0 Å². The smallest absolute Gasteiger partial charge is 0.303 e. The number of rotatable bonds is 4. The minimum absolute atomic E-state index is 0.325. The number of likely N-dealkylation sites (tertiary alicyclic amines) is 1. The zero-order valence-corrected chi connectivity index (χ0v) is 10.2. The summed E-state index contributed by atoms with van der Waals surface area (Å²) in [4.78, 5) is 13.2. The Morgan fingerprint density at radius 3 is 2.40 bits per heavy atom. The molecule has 1 aliphatic heterocycles. The highest BCUT2D eigenvalue weighted by Gasteiger charge is 2.37. The first kappa shape index (κ1) is 12.5. The van der Waals surface area contributed by atoms with E-state index in [1.165, 1.54) is 0 Å². The highest BCUT2D eigenvalue weighted by molar-refractivity contribution is 5.67. The van der Waals surface area contributed by atoms with E-state index in [9.17, 15) is 4.79 Å². The second-order valence-corrected chi connectivity index (χ2v) is 5.21. The van der Waals surface area contributed by atoms with Crippen LogP contribution in [-0.2, 0) is 4.79 Å². The molecule has 1 heterocycles. The van der Waals surface area contributed by atoms with Crippen LogP contribution in [0.25, 0.3) is 0 Å². The fraction of sp³-hybridized carbons (Fsp3) is 0.917. The second kappa shape index (κ2) is 4.97. The Hall–Kier alpha value is -0.570. The summed E-state index contributed by atoms with van der Waals surface area (Å²) < 4.78 is 0. The minimum Gasteiger partial charge on any atom is -0.481 e. The Balaban J connectivity index is 2.70. The molecule has 0 aromatic carbocycles. The van der Waals surface area contributed by atoms with Crippen molar-refractivity contribution in [3.8, 4) is 0 Å². The maximum absolute atomic E-state index is 10.8. The van der Waals surface area contributed by atoms with Gasteiger partial charge < -0.3 is 5.11 Å². The molecule has 0 amide bonds. The van der Waals surface area contributed by atoms with Crippen LogP contribution >= 0.6 is 0 Å². The van der Waals surface area contributed by atoms with Gasteiger partial charge in [-0.05, 0) is 38.6 Å². The van der Waals surface area contributed by atoms with Crippen molar-refractivity contribution in [3.05, 3.63) is 0 Å². The molecule has 1 aliphatic rings. The summed E-state index contributed by atoms with van der Waals surface area (Å²) in [5.41, 5.74) is 0. The van der Waals surface area contributed by atoms with Crippen molar-refractivity contribution < 1.29 is 9.90 Å². The van der Waals surface area contributed by atoms with E-state index in [4.69, 9.17) is 5.11 Å². The van der Waals surface area contributed by atoms with Crippen LogP contribution in [0.15, 0.2) is 0 Å². The molecule has 2 atom stereocenters. The van der Waals surface area contributed by atoms with Gasteiger partial charge in [0.2, 0.25) is 0 Å². The van der Waals surface area contributed by atoms with Crippen LogP contribution in [0.1, 0.15) is 40.5 Å². The molecular formula is C12H23NO2. The van der Waals surface area contributed by atoms with Crippen LogP contribution in [0.2, 0.25) is 0 Å². The van der Waals surface area contributed by atoms with Gasteiger partial charge in [0.05, 0.1) is 0 Å². The van der Waals surface area contributed by atoms with Crippen LogP contribution in [0.4, 0.5) is 0 Å². The van der Waals surface area contributed by atoms with Crippen molar-refractivity contribution in [2.45, 2.75) is 52.6 Å². The number of aliphatic carboxylic acids is 1. The number of carboxylic acid groups (broad SMARTS) is 1. The van der Waals surface area contributed by atoms with Gasteiger partial charge in [0.25, 0.3) is 0 Å². The molecule has 0 bridgehead atoms. The van der Waals surface area contributed by atoms with Crippen molar-refractivity contribution in [1.29, 1.82) is 0 Å². The molecule has 1 rings (SSSR count). The lowest BCUT2D eigenvalue weighted by atomic mass is 9.88. The molecule has 88 valence electrons. The van der Waals surface area contributed by atoms with Gasteiger partial charge in [0.1, 0.15) is 0 Å². The van der Waals surface area contributed by atoms with Gasteiger partial charge >= 0.3 is 5.97 Å². The lowest BCUT2D eigenvalue weighted by Crippen LogP contribution is -2.41. The van der Waals surface area contributed by atoms with Crippen molar-refractivity contribution in [3.63, 3.8) is 0 Å². The minimum atomic E-state index is -0.656. The van der Waals surface area contributed by atoms with Crippen molar-refractivity contribution in [1.82, 2.24) is 4.90 Å². The standard InChI is InChI=1S/C12H23NO2/c1-8(2)12-10(7-11(14)15)5-6-13(12)9(3)4/h8-10,12H,5-7H2,1-4H3,(H,14,15). The summed E-state index contributed by atoms with van der Waals surface area (Å²) in [5, 5.41) is 8.88. The molecule has 0 spiro atoms. The highest BCUT2D eigenvalue weighted by Crippen LogP contribution is 2.33. The monoisotopic (exact) mass is 213 g/mol. The van der Waals surface area contributed by atoms with Gasteiger partial charge in [-0.1, -0.05) is 13.8 Å². The molecule has 0 aromatic rings. The van der Waals surface area contributed by atoms with E-state index in [0.29, 0.717) is 30.3 Å². The summed E-state index contributed by atoms with van der Waals surface area (Å²) in [5.74, 6) is 0.223. The van der Waals surface area contributed by atoms with Crippen molar-refractivity contribution in [2.24, 2.45) is 11.8 Å². The number of hydrogen-bond donors (Lipinski definition) is 1. The van der Waals surface area contributed by atoms with Gasteiger partial charge in [0.15, 0.2) is 0 Å². The van der Waals surface area contributed by atoms with Crippen LogP contribution in [0.3, 0.4) is 0 Å². The van der Waals surface area contributed by atoms with Gasteiger partial charge in [-0.3, -0.25) is 9.69 Å². The zero-order chi connectivity index (χ0) is 11.6. The van der Waals surface area contributed by atoms with E-state index in [1.807, 2.05) is 0 Å². The Morgan fingerprint density at radius 2 is 2.00 bits per heavy atom. The van der Waals surface area contributed by atoms with Crippen LogP contribution in [0.5, 0.6) is 0 Å². The number of hydrogen-bond acceptors (Lipinski definition) is 2. The molecule has 2 unspecified atom stereocenters. The molecule has 1 fully saturated rings. The third-order valence-corrected chi connectivity index (χ3v) is 3.41. The molecule has 15 heavy (non-hydrogen) atoms. The third-order valence-electron chi connectivity index (χ3n) is 3.41. The van der Waals surface area contributed by atoms with Gasteiger partial charge in [-0.15, -0.1) is 0 Å². The predicted molar refractivity (Wildman–Crippen MR) is 60.8 cm³/mol. The normalized spacial score (nSPS) is 27.9. The quantitative estimate of drug-likeness (QED) is 0.778. The summed E-state index contributed by atoms with van der Waals surface area (Å²) >= 11 is 0. The van der Waals surface area contributed by atoms with E-state index >= 15 is 0 Å². The highest BCUT2D eigenvalue weighted by atomic mass is 16.4. The molecule has 3 nitrogen and oxygen atoms in total. The lowest BCUT2D eigenvalue weighted by Gasteiger charge is -2.33. The molecule has 1 saturated heterocycles. The van der Waals surface area contributed by atoms with Crippen molar-refractivity contribution in [2.75, 3.05) is 6.54 Å². The van der Waals surface area contributed by atoms with Crippen molar-refractivity contribution >= 4 is 5.97 Å². The summed E-state index contributed by atoms with van der Waals surface area (Å²) in [6.45, 7) is 9.83. The topological polar surface area (TPSA) is 40.5 Å². The Kier molecular flexibility index (Phi) is 4.14. The van der Waals surface area contributed by atoms with E-state index in [2.05, 4.69) is 32.6 Å². The van der Waals surface area contributed by atoms with E-state index < -0.39 is 5.97 Å². The average molecular weight is 213 g/mol. The largest absolute Gasteiger partial charge is 0.481 e. The lowest BCUT2D eigenvalue weighted by molar-refractivity contribution is -0.138. The molecule has 1 N–H and O–H groups in total. The molecule has 0 aromatic heterocycles. The van der Waals surface area contributed by atoms with Crippen LogP contribution in [-0.4, -0.2) is 34.6 Å². The molecule has 0 aliphatic carbocycles. The third kappa shape index (κ3) is 2.94. The second-order valence-electron chi connectivity index (χ2n) is 5.21. The fourth-order valence-electron chi connectivity index (χ4n) is 2.88. The van der Waals surface area contributed by atoms with Crippen LogP contribution in [0, 0.1) is 11.8 Å². The van der Waals surface area contributed by atoms with E-state index in [0.717, 1.165) is 13.0 Å². The first-order valence-electron chi connectivity index (χ1n) is 5.91. The number of carboxylic acids is 1.